The number of para-hydroxylation sites is 1. The molecule has 0 aliphatic heterocycles. The van der Waals surface area contributed by atoms with Crippen LogP contribution in [0.15, 0.2) is 47.1 Å². The highest BCUT2D eigenvalue weighted by Gasteiger charge is 2.14. The summed E-state index contributed by atoms with van der Waals surface area (Å²) in [6, 6.07) is 8.51. The average molecular weight is 248 g/mol. The molecule has 1 aliphatic rings. The molecular formula is C15H18ClN. The summed E-state index contributed by atoms with van der Waals surface area (Å²) < 4.78 is 0. The molecular weight excluding hydrogens is 230 g/mol. The second-order valence-corrected chi connectivity index (χ2v) is 4.79. The number of hydrogen-bond acceptors (Lipinski definition) is 1. The maximum Gasteiger partial charge on any atom is 0.0437 e. The molecule has 0 saturated carbocycles. The Morgan fingerprint density at radius 3 is 2.53 bits per heavy atom. The fourth-order valence-electron chi connectivity index (χ4n) is 2.22. The van der Waals surface area contributed by atoms with Gasteiger partial charge in [-0.2, -0.15) is 0 Å². The van der Waals surface area contributed by atoms with Crippen LogP contribution >= 0.6 is 11.6 Å². The number of rotatable bonds is 3. The lowest BCUT2D eigenvalue weighted by molar-refractivity contribution is 0.838. The maximum atomic E-state index is 6.01. The van der Waals surface area contributed by atoms with Gasteiger partial charge >= 0.3 is 0 Å². The minimum Gasteiger partial charge on any atom is -0.345 e. The zero-order chi connectivity index (χ0) is 12.3. The average Bonchev–Trinajstić information content (AvgIpc) is 2.35. The molecule has 0 bridgehead atoms. The van der Waals surface area contributed by atoms with Crippen LogP contribution in [0, 0.1) is 6.92 Å². The summed E-state index contributed by atoms with van der Waals surface area (Å²) in [4.78, 5) is 2.37. The normalized spacial score (nSPS) is 15.2. The van der Waals surface area contributed by atoms with Crippen molar-refractivity contribution in [2.75, 3.05) is 11.4 Å². The second-order valence-electron chi connectivity index (χ2n) is 4.30. The van der Waals surface area contributed by atoms with Crippen molar-refractivity contribution in [1.82, 2.24) is 0 Å². The van der Waals surface area contributed by atoms with E-state index in [4.69, 9.17) is 11.6 Å². The molecule has 0 radical (unpaired) electrons. The highest BCUT2D eigenvalue weighted by molar-refractivity contribution is 6.29. The van der Waals surface area contributed by atoms with E-state index in [9.17, 15) is 0 Å². The highest BCUT2D eigenvalue weighted by atomic mass is 35.5. The van der Waals surface area contributed by atoms with E-state index in [1.807, 2.05) is 6.08 Å². The largest absolute Gasteiger partial charge is 0.345 e. The van der Waals surface area contributed by atoms with Crippen LogP contribution in [-0.4, -0.2) is 6.54 Å². The first-order valence-electron chi connectivity index (χ1n) is 6.10. The van der Waals surface area contributed by atoms with Crippen LogP contribution in [-0.2, 0) is 0 Å². The minimum atomic E-state index is 0.953. The predicted molar refractivity (Wildman–Crippen MR) is 75.5 cm³/mol. The van der Waals surface area contributed by atoms with Crippen LogP contribution in [0.3, 0.4) is 0 Å². The summed E-state index contributed by atoms with van der Waals surface area (Å²) in [6.45, 7) is 5.33. The van der Waals surface area contributed by atoms with Gasteiger partial charge in [-0.25, -0.2) is 0 Å². The van der Waals surface area contributed by atoms with Gasteiger partial charge in [0.25, 0.3) is 0 Å². The van der Waals surface area contributed by atoms with Gasteiger partial charge in [0.1, 0.15) is 0 Å². The molecule has 0 atom stereocenters. The Morgan fingerprint density at radius 2 is 1.94 bits per heavy atom. The molecule has 0 saturated heterocycles. The second kappa shape index (κ2) is 5.42. The summed E-state index contributed by atoms with van der Waals surface area (Å²) in [6.07, 6.45) is 6.14. The maximum absolute atomic E-state index is 6.01. The molecule has 0 spiro atoms. The molecule has 90 valence electrons. The van der Waals surface area contributed by atoms with E-state index in [0.717, 1.165) is 24.4 Å². The lowest BCUT2D eigenvalue weighted by Crippen LogP contribution is -2.23. The molecule has 0 aromatic heterocycles. The molecule has 1 aliphatic carbocycles. The van der Waals surface area contributed by atoms with E-state index in [1.165, 1.54) is 16.9 Å². The van der Waals surface area contributed by atoms with Crippen LogP contribution < -0.4 is 4.90 Å². The Balaban J connectivity index is 2.32. The molecule has 0 unspecified atom stereocenters. The zero-order valence-corrected chi connectivity index (χ0v) is 11.2. The number of aryl methyl sites for hydroxylation is 1. The van der Waals surface area contributed by atoms with E-state index in [-0.39, 0.29) is 0 Å². The molecule has 1 aromatic carbocycles. The predicted octanol–water partition coefficient (Wildman–Crippen LogP) is 4.62. The number of benzene rings is 1. The van der Waals surface area contributed by atoms with Crippen molar-refractivity contribution in [3.05, 3.63) is 52.7 Å². The third-order valence-corrected chi connectivity index (χ3v) is 3.46. The lowest BCUT2D eigenvalue weighted by Gasteiger charge is -2.29. The Hall–Kier alpha value is -1.21. The summed E-state index contributed by atoms with van der Waals surface area (Å²) in [5, 5.41) is 0.953. The first-order chi connectivity index (χ1) is 8.22. The fourth-order valence-corrected chi connectivity index (χ4v) is 2.38. The SMILES string of the molecule is CCN(C1=CC=C(Cl)CC1)c1ccccc1C. The van der Waals surface area contributed by atoms with Crippen LogP contribution in [0.1, 0.15) is 25.3 Å². The third-order valence-electron chi connectivity index (χ3n) is 3.15. The van der Waals surface area contributed by atoms with Gasteiger partial charge in [0, 0.05) is 23.0 Å². The van der Waals surface area contributed by atoms with Crippen LogP contribution in [0.25, 0.3) is 0 Å². The molecule has 0 amide bonds. The van der Waals surface area contributed by atoms with Crippen molar-refractivity contribution in [2.45, 2.75) is 26.7 Å². The number of hydrogen-bond donors (Lipinski definition) is 0. The number of allylic oxidation sites excluding steroid dienone is 4. The number of halogens is 1. The van der Waals surface area contributed by atoms with Crippen molar-refractivity contribution in [1.29, 1.82) is 0 Å². The molecule has 1 aromatic rings. The molecule has 2 heteroatoms. The standard InChI is InChI=1S/C15H18ClN/c1-3-17(14-10-8-13(16)9-11-14)15-7-5-4-6-12(15)2/h4-8,10H,3,9,11H2,1-2H3. The first-order valence-corrected chi connectivity index (χ1v) is 6.48. The summed E-state index contributed by atoms with van der Waals surface area (Å²) in [7, 11) is 0. The summed E-state index contributed by atoms with van der Waals surface area (Å²) in [5.41, 5.74) is 3.97. The fraction of sp³-hybridized carbons (Fsp3) is 0.333. The lowest BCUT2D eigenvalue weighted by atomic mass is 10.1. The van der Waals surface area contributed by atoms with E-state index in [1.54, 1.807) is 0 Å². The molecule has 1 nitrogen and oxygen atoms in total. The molecule has 2 rings (SSSR count). The van der Waals surface area contributed by atoms with Gasteiger partial charge < -0.3 is 4.90 Å². The molecule has 0 N–H and O–H groups in total. The monoisotopic (exact) mass is 247 g/mol. The number of nitrogens with zero attached hydrogens (tertiary/aromatic N) is 1. The van der Waals surface area contributed by atoms with Crippen LogP contribution in [0.2, 0.25) is 0 Å². The van der Waals surface area contributed by atoms with Crippen molar-refractivity contribution >= 4 is 17.3 Å². The van der Waals surface area contributed by atoms with Gasteiger partial charge in [-0.15, -0.1) is 0 Å². The molecule has 0 fully saturated rings. The van der Waals surface area contributed by atoms with E-state index in [0.29, 0.717) is 0 Å². The Bertz CT molecular complexity index is 460. The van der Waals surface area contributed by atoms with Gasteiger partial charge in [0.05, 0.1) is 0 Å². The van der Waals surface area contributed by atoms with Gasteiger partial charge in [0.15, 0.2) is 0 Å². The topological polar surface area (TPSA) is 3.24 Å². The van der Waals surface area contributed by atoms with Crippen molar-refractivity contribution < 1.29 is 0 Å². The van der Waals surface area contributed by atoms with Crippen molar-refractivity contribution in [3.8, 4) is 0 Å². The quantitative estimate of drug-likeness (QED) is 0.753. The Labute approximate surface area is 108 Å². The van der Waals surface area contributed by atoms with Gasteiger partial charge in [0.2, 0.25) is 0 Å². The van der Waals surface area contributed by atoms with E-state index < -0.39 is 0 Å². The van der Waals surface area contributed by atoms with Gasteiger partial charge in [-0.1, -0.05) is 29.8 Å². The van der Waals surface area contributed by atoms with Crippen LogP contribution in [0.4, 0.5) is 5.69 Å². The van der Waals surface area contributed by atoms with E-state index in [2.05, 4.69) is 49.1 Å². The third kappa shape index (κ3) is 2.73. The summed E-state index contributed by atoms with van der Waals surface area (Å²) >= 11 is 6.01. The van der Waals surface area contributed by atoms with Gasteiger partial charge in [-0.05, 0) is 50.5 Å². The Kier molecular flexibility index (Phi) is 3.90. The zero-order valence-electron chi connectivity index (χ0n) is 10.4. The smallest absolute Gasteiger partial charge is 0.0437 e. The van der Waals surface area contributed by atoms with E-state index >= 15 is 0 Å². The van der Waals surface area contributed by atoms with Crippen molar-refractivity contribution in [2.24, 2.45) is 0 Å². The molecule has 0 heterocycles. The number of anilines is 1. The molecule has 17 heavy (non-hydrogen) atoms. The van der Waals surface area contributed by atoms with Gasteiger partial charge in [-0.3, -0.25) is 0 Å². The highest BCUT2D eigenvalue weighted by Crippen LogP contribution is 2.29. The Morgan fingerprint density at radius 1 is 1.18 bits per heavy atom. The van der Waals surface area contributed by atoms with Crippen molar-refractivity contribution in [3.63, 3.8) is 0 Å². The first kappa shape index (κ1) is 12.3. The van der Waals surface area contributed by atoms with Crippen LogP contribution in [0.5, 0.6) is 0 Å². The summed E-state index contributed by atoms with van der Waals surface area (Å²) in [5.74, 6) is 0. The minimum absolute atomic E-state index is 0.953.